The number of hydrogen-bond acceptors (Lipinski definition) is 3. The number of nitrogens with one attached hydrogen (secondary N) is 1. The summed E-state index contributed by atoms with van der Waals surface area (Å²) in [4.78, 5) is 8.19. The van der Waals surface area contributed by atoms with Crippen LogP contribution in [0.5, 0.6) is 0 Å². The van der Waals surface area contributed by atoms with Crippen LogP contribution in [-0.4, -0.2) is 27.6 Å². The Bertz CT molecular complexity index is 436. The highest BCUT2D eigenvalue weighted by Crippen LogP contribution is 1.96. The van der Waals surface area contributed by atoms with Gasteiger partial charge in [-0.05, 0) is 37.6 Å². The molecule has 2 heterocycles. The molecule has 0 aliphatic rings. The molecule has 2 aromatic heterocycles. The lowest BCUT2D eigenvalue weighted by atomic mass is 10.2. The van der Waals surface area contributed by atoms with E-state index in [4.69, 9.17) is 0 Å². The van der Waals surface area contributed by atoms with E-state index >= 15 is 0 Å². The van der Waals surface area contributed by atoms with Gasteiger partial charge in [-0.1, -0.05) is 0 Å². The zero-order chi connectivity index (χ0) is 11.9. The maximum atomic E-state index is 4.19. The highest BCUT2D eigenvalue weighted by atomic mass is 15.1. The van der Waals surface area contributed by atoms with Crippen LogP contribution >= 0.6 is 0 Å². The fourth-order valence-electron chi connectivity index (χ4n) is 1.75. The van der Waals surface area contributed by atoms with E-state index in [1.165, 1.54) is 5.56 Å². The summed E-state index contributed by atoms with van der Waals surface area (Å²) in [5.74, 6) is 1.07. The Morgan fingerprint density at radius 2 is 2.00 bits per heavy atom. The van der Waals surface area contributed by atoms with Crippen LogP contribution in [0.1, 0.15) is 11.4 Å². The summed E-state index contributed by atoms with van der Waals surface area (Å²) in [5, 5.41) is 3.43. The van der Waals surface area contributed by atoms with E-state index < -0.39 is 0 Å². The van der Waals surface area contributed by atoms with Crippen LogP contribution in [0.4, 0.5) is 0 Å². The highest BCUT2D eigenvalue weighted by molar-refractivity contribution is 5.09. The molecule has 0 amide bonds. The van der Waals surface area contributed by atoms with Gasteiger partial charge in [0.2, 0.25) is 0 Å². The van der Waals surface area contributed by atoms with Gasteiger partial charge in [-0.3, -0.25) is 4.98 Å². The van der Waals surface area contributed by atoms with E-state index in [0.717, 1.165) is 31.9 Å². The second kappa shape index (κ2) is 6.15. The summed E-state index contributed by atoms with van der Waals surface area (Å²) in [7, 11) is 0. The van der Waals surface area contributed by atoms with Gasteiger partial charge in [0.25, 0.3) is 0 Å². The first kappa shape index (κ1) is 11.8. The van der Waals surface area contributed by atoms with E-state index in [9.17, 15) is 0 Å². The summed E-state index contributed by atoms with van der Waals surface area (Å²) in [6, 6.07) is 4.11. The number of pyridine rings is 1. The quantitative estimate of drug-likeness (QED) is 0.763. The lowest BCUT2D eigenvalue weighted by molar-refractivity contribution is 0.588. The number of aryl methyl sites for hydroxylation is 1. The largest absolute Gasteiger partial charge is 0.334 e. The Hall–Kier alpha value is -1.68. The summed E-state index contributed by atoms with van der Waals surface area (Å²) >= 11 is 0. The maximum Gasteiger partial charge on any atom is 0.105 e. The number of rotatable bonds is 6. The van der Waals surface area contributed by atoms with Gasteiger partial charge >= 0.3 is 0 Å². The summed E-state index contributed by atoms with van der Waals surface area (Å²) in [6.45, 7) is 4.97. The van der Waals surface area contributed by atoms with E-state index in [1.54, 1.807) is 0 Å². The first-order valence-electron chi connectivity index (χ1n) is 5.93. The van der Waals surface area contributed by atoms with Gasteiger partial charge in [0.1, 0.15) is 5.82 Å². The van der Waals surface area contributed by atoms with Crippen LogP contribution in [0.3, 0.4) is 0 Å². The normalized spacial score (nSPS) is 10.6. The molecular weight excluding hydrogens is 212 g/mol. The van der Waals surface area contributed by atoms with Crippen LogP contribution in [0.15, 0.2) is 36.9 Å². The van der Waals surface area contributed by atoms with Gasteiger partial charge in [-0.2, -0.15) is 0 Å². The molecule has 2 aromatic rings. The molecule has 0 unspecified atom stereocenters. The number of nitrogens with zero attached hydrogens (tertiary/aromatic N) is 3. The van der Waals surface area contributed by atoms with Gasteiger partial charge in [-0.25, -0.2) is 4.98 Å². The molecule has 0 aliphatic heterocycles. The van der Waals surface area contributed by atoms with Gasteiger partial charge < -0.3 is 9.88 Å². The van der Waals surface area contributed by atoms with Crippen molar-refractivity contribution in [1.29, 1.82) is 0 Å². The Kier molecular flexibility index (Phi) is 4.27. The van der Waals surface area contributed by atoms with Crippen molar-refractivity contribution in [3.8, 4) is 0 Å². The SMILES string of the molecule is Cc1nccn1CCNCCc1ccncc1. The van der Waals surface area contributed by atoms with Gasteiger partial charge in [0.15, 0.2) is 0 Å². The Balaban J connectivity index is 1.63. The van der Waals surface area contributed by atoms with Crippen molar-refractivity contribution in [3.63, 3.8) is 0 Å². The second-order valence-electron chi connectivity index (χ2n) is 4.02. The molecule has 0 aliphatic carbocycles. The average molecular weight is 230 g/mol. The summed E-state index contributed by atoms with van der Waals surface area (Å²) in [5.41, 5.74) is 1.33. The summed E-state index contributed by atoms with van der Waals surface area (Å²) in [6.07, 6.45) is 8.58. The van der Waals surface area contributed by atoms with Crippen LogP contribution in [0, 0.1) is 6.92 Å². The van der Waals surface area contributed by atoms with Crippen LogP contribution < -0.4 is 5.32 Å². The highest BCUT2D eigenvalue weighted by Gasteiger charge is 1.96. The maximum absolute atomic E-state index is 4.19. The van der Waals surface area contributed by atoms with E-state index in [-0.39, 0.29) is 0 Å². The van der Waals surface area contributed by atoms with Crippen molar-refractivity contribution < 1.29 is 0 Å². The number of hydrogen-bond donors (Lipinski definition) is 1. The smallest absolute Gasteiger partial charge is 0.105 e. The van der Waals surface area contributed by atoms with Crippen LogP contribution in [0.2, 0.25) is 0 Å². The fourth-order valence-corrected chi connectivity index (χ4v) is 1.75. The Morgan fingerprint density at radius 1 is 1.18 bits per heavy atom. The predicted molar refractivity (Wildman–Crippen MR) is 67.8 cm³/mol. The molecule has 17 heavy (non-hydrogen) atoms. The molecule has 4 heteroatoms. The third-order valence-corrected chi connectivity index (χ3v) is 2.79. The van der Waals surface area contributed by atoms with Gasteiger partial charge in [0, 0.05) is 37.9 Å². The van der Waals surface area contributed by atoms with Crippen LogP contribution in [0.25, 0.3) is 0 Å². The van der Waals surface area contributed by atoms with Gasteiger partial charge in [-0.15, -0.1) is 0 Å². The van der Waals surface area contributed by atoms with E-state index in [0.29, 0.717) is 0 Å². The average Bonchev–Trinajstić information content (AvgIpc) is 2.76. The molecule has 1 N–H and O–H groups in total. The summed E-state index contributed by atoms with van der Waals surface area (Å²) < 4.78 is 2.15. The molecule has 4 nitrogen and oxygen atoms in total. The molecule has 0 fully saturated rings. The molecule has 0 saturated heterocycles. The van der Waals surface area contributed by atoms with E-state index in [2.05, 4.69) is 32.0 Å². The Morgan fingerprint density at radius 3 is 2.71 bits per heavy atom. The lowest BCUT2D eigenvalue weighted by Crippen LogP contribution is -2.22. The first-order valence-corrected chi connectivity index (χ1v) is 5.93. The third kappa shape index (κ3) is 3.67. The number of imidazole rings is 1. The molecule has 0 aromatic carbocycles. The predicted octanol–water partition coefficient (Wildman–Crippen LogP) is 1.42. The fraction of sp³-hybridized carbons (Fsp3) is 0.385. The monoisotopic (exact) mass is 230 g/mol. The second-order valence-corrected chi connectivity index (χ2v) is 4.02. The van der Waals surface area contributed by atoms with Crippen LogP contribution in [-0.2, 0) is 13.0 Å². The standard InChI is InChI=1S/C13H18N4/c1-12-16-9-11-17(12)10-8-15-7-4-13-2-5-14-6-3-13/h2-3,5-6,9,11,15H,4,7-8,10H2,1H3. The minimum absolute atomic E-state index is 0.974. The molecule has 0 saturated carbocycles. The topological polar surface area (TPSA) is 42.7 Å². The first-order chi connectivity index (χ1) is 8.36. The molecule has 0 radical (unpaired) electrons. The molecule has 0 atom stereocenters. The van der Waals surface area contributed by atoms with Gasteiger partial charge in [0.05, 0.1) is 0 Å². The van der Waals surface area contributed by atoms with E-state index in [1.807, 2.05) is 31.7 Å². The minimum atomic E-state index is 0.974. The molecular formula is C13H18N4. The van der Waals surface area contributed by atoms with Crippen molar-refractivity contribution in [2.75, 3.05) is 13.1 Å². The third-order valence-electron chi connectivity index (χ3n) is 2.79. The molecule has 2 rings (SSSR count). The zero-order valence-electron chi connectivity index (χ0n) is 10.1. The van der Waals surface area contributed by atoms with Crippen molar-refractivity contribution in [2.45, 2.75) is 19.9 Å². The van der Waals surface area contributed by atoms with Crippen molar-refractivity contribution >= 4 is 0 Å². The minimum Gasteiger partial charge on any atom is -0.334 e. The molecule has 0 spiro atoms. The lowest BCUT2D eigenvalue weighted by Gasteiger charge is -2.07. The Labute approximate surface area is 102 Å². The molecule has 0 bridgehead atoms. The number of aromatic nitrogens is 3. The zero-order valence-corrected chi connectivity index (χ0v) is 10.1. The van der Waals surface area contributed by atoms with Crippen molar-refractivity contribution in [1.82, 2.24) is 19.9 Å². The molecule has 90 valence electrons. The van der Waals surface area contributed by atoms with Crippen molar-refractivity contribution in [2.24, 2.45) is 0 Å². The van der Waals surface area contributed by atoms with Crippen molar-refractivity contribution in [3.05, 3.63) is 48.3 Å².